The summed E-state index contributed by atoms with van der Waals surface area (Å²) in [6, 6.07) is 9.81. The molecule has 3 aromatic rings. The molecule has 3 N–H and O–H groups in total. The Kier molecular flexibility index (Phi) is 7.24. The lowest BCUT2D eigenvalue weighted by Gasteiger charge is -2.36. The minimum Gasteiger partial charge on any atom is -0.354 e. The first-order valence-corrected chi connectivity index (χ1v) is 8.71. The number of aromatic nitrogens is 4. The molecule has 3 heterocycles. The highest BCUT2D eigenvalue weighted by Crippen LogP contribution is 2.27. The van der Waals surface area contributed by atoms with E-state index < -0.39 is 5.54 Å². The van der Waals surface area contributed by atoms with E-state index in [1.165, 1.54) is 0 Å². The summed E-state index contributed by atoms with van der Waals surface area (Å²) < 4.78 is 1.81. The lowest BCUT2D eigenvalue weighted by atomic mass is 9.87. The smallest absolute Gasteiger partial charge is 0.248 e. The molecule has 7 nitrogen and oxygen atoms in total. The molecule has 0 bridgehead atoms. The summed E-state index contributed by atoms with van der Waals surface area (Å²) in [5.41, 5.74) is 1.38. The first-order valence-electron chi connectivity index (χ1n) is 8.71. The Morgan fingerprint density at radius 3 is 2.67 bits per heavy atom. The summed E-state index contributed by atoms with van der Waals surface area (Å²) in [4.78, 5) is 20.8. The third-order valence-corrected chi connectivity index (χ3v) is 4.88. The zero-order chi connectivity index (χ0) is 17.1. The van der Waals surface area contributed by atoms with Crippen LogP contribution in [0.3, 0.4) is 0 Å². The van der Waals surface area contributed by atoms with Crippen LogP contribution in [0.4, 0.5) is 0 Å². The number of aromatic amines is 1. The highest BCUT2D eigenvalue weighted by molar-refractivity contribution is 5.86. The number of amides is 1. The van der Waals surface area contributed by atoms with E-state index in [1.807, 2.05) is 41.2 Å². The second kappa shape index (κ2) is 9.21. The number of para-hydroxylation sites is 2. The second-order valence-electron chi connectivity index (χ2n) is 6.44. The summed E-state index contributed by atoms with van der Waals surface area (Å²) in [5.74, 6) is 0.925. The normalized spacial score (nSPS) is 15.6. The highest BCUT2D eigenvalue weighted by Gasteiger charge is 2.41. The summed E-state index contributed by atoms with van der Waals surface area (Å²) in [5, 5.41) is 10.7. The van der Waals surface area contributed by atoms with Crippen molar-refractivity contribution >= 4 is 41.8 Å². The van der Waals surface area contributed by atoms with E-state index in [2.05, 4.69) is 25.7 Å². The Balaban J connectivity index is 0.00000131. The number of halogens is 2. The van der Waals surface area contributed by atoms with Gasteiger partial charge in [0.2, 0.25) is 5.91 Å². The van der Waals surface area contributed by atoms with E-state index >= 15 is 0 Å². The summed E-state index contributed by atoms with van der Waals surface area (Å²) >= 11 is 0. The van der Waals surface area contributed by atoms with Crippen molar-refractivity contribution in [3.63, 3.8) is 0 Å². The van der Waals surface area contributed by atoms with Crippen LogP contribution in [-0.2, 0) is 16.8 Å². The number of benzene rings is 1. The maximum atomic E-state index is 13.0. The van der Waals surface area contributed by atoms with Crippen molar-refractivity contribution in [3.05, 3.63) is 48.5 Å². The number of hydrogen-bond acceptors (Lipinski definition) is 4. The first-order chi connectivity index (χ1) is 12.3. The van der Waals surface area contributed by atoms with Crippen molar-refractivity contribution in [2.75, 3.05) is 19.6 Å². The van der Waals surface area contributed by atoms with Gasteiger partial charge in [-0.2, -0.15) is 5.10 Å². The molecular formula is C18H24Cl2N6O. The van der Waals surface area contributed by atoms with Gasteiger partial charge < -0.3 is 15.6 Å². The number of H-pyrrole nitrogens is 1. The number of carbonyl (C=O) groups excluding carboxylic acids is 1. The molecule has 1 fully saturated rings. The molecule has 4 rings (SSSR count). The Bertz CT molecular complexity index is 825. The quantitative estimate of drug-likeness (QED) is 0.600. The number of hydrogen-bond donors (Lipinski definition) is 3. The number of nitrogens with one attached hydrogen (secondary N) is 3. The fraction of sp³-hybridized carbons (Fsp3) is 0.389. The van der Waals surface area contributed by atoms with Gasteiger partial charge in [-0.15, -0.1) is 24.8 Å². The van der Waals surface area contributed by atoms with Gasteiger partial charge in [-0.3, -0.25) is 9.48 Å². The molecule has 0 unspecified atom stereocenters. The number of fused-ring (bicyclic) bond motifs is 1. The Morgan fingerprint density at radius 1 is 1.19 bits per heavy atom. The molecule has 0 atom stereocenters. The first kappa shape index (κ1) is 21.2. The molecule has 0 radical (unpaired) electrons. The largest absolute Gasteiger partial charge is 0.354 e. The zero-order valence-corrected chi connectivity index (χ0v) is 16.5. The fourth-order valence-electron chi connectivity index (χ4n) is 3.51. The van der Waals surface area contributed by atoms with Gasteiger partial charge >= 0.3 is 0 Å². The molecule has 0 saturated carbocycles. The molecule has 1 aliphatic heterocycles. The molecule has 1 saturated heterocycles. The van der Waals surface area contributed by atoms with E-state index in [-0.39, 0.29) is 30.7 Å². The van der Waals surface area contributed by atoms with Crippen molar-refractivity contribution < 1.29 is 4.79 Å². The van der Waals surface area contributed by atoms with Crippen LogP contribution in [0.5, 0.6) is 0 Å². The number of carbonyl (C=O) groups is 1. The predicted octanol–water partition coefficient (Wildman–Crippen LogP) is 2.04. The maximum Gasteiger partial charge on any atom is 0.248 e. The van der Waals surface area contributed by atoms with E-state index in [4.69, 9.17) is 0 Å². The van der Waals surface area contributed by atoms with Gasteiger partial charge in [0, 0.05) is 25.4 Å². The number of rotatable bonds is 5. The number of imidazole rings is 1. The number of piperidine rings is 1. The lowest BCUT2D eigenvalue weighted by Crippen LogP contribution is -2.54. The van der Waals surface area contributed by atoms with Gasteiger partial charge in [-0.1, -0.05) is 12.1 Å². The zero-order valence-electron chi connectivity index (χ0n) is 14.9. The van der Waals surface area contributed by atoms with Crippen LogP contribution in [0, 0.1) is 0 Å². The average molecular weight is 411 g/mol. The number of nitrogens with zero attached hydrogens (tertiary/aromatic N) is 3. The molecule has 27 heavy (non-hydrogen) atoms. The van der Waals surface area contributed by atoms with Crippen molar-refractivity contribution in [1.29, 1.82) is 0 Å². The van der Waals surface area contributed by atoms with Crippen LogP contribution in [0.25, 0.3) is 11.0 Å². The van der Waals surface area contributed by atoms with Crippen molar-refractivity contribution in [2.24, 2.45) is 0 Å². The van der Waals surface area contributed by atoms with E-state index in [9.17, 15) is 4.79 Å². The van der Waals surface area contributed by atoms with Gasteiger partial charge in [0.1, 0.15) is 11.4 Å². The average Bonchev–Trinajstić information content (AvgIpc) is 3.32. The molecule has 1 aliphatic rings. The highest BCUT2D eigenvalue weighted by atomic mass is 35.5. The Labute approximate surface area is 170 Å². The third kappa shape index (κ3) is 4.26. The van der Waals surface area contributed by atoms with Crippen LogP contribution in [-0.4, -0.2) is 45.3 Å². The van der Waals surface area contributed by atoms with Gasteiger partial charge in [0.05, 0.1) is 11.0 Å². The monoisotopic (exact) mass is 410 g/mol. The van der Waals surface area contributed by atoms with Crippen LogP contribution in [0.15, 0.2) is 42.7 Å². The second-order valence-corrected chi connectivity index (χ2v) is 6.44. The van der Waals surface area contributed by atoms with E-state index in [0.717, 1.165) is 42.8 Å². The van der Waals surface area contributed by atoms with Crippen molar-refractivity contribution in [1.82, 2.24) is 30.4 Å². The van der Waals surface area contributed by atoms with Crippen LogP contribution in [0.2, 0.25) is 0 Å². The Hall–Kier alpha value is -2.09. The van der Waals surface area contributed by atoms with Crippen molar-refractivity contribution in [3.8, 4) is 0 Å². The van der Waals surface area contributed by atoms with Gasteiger partial charge in [-0.25, -0.2) is 4.98 Å². The summed E-state index contributed by atoms with van der Waals surface area (Å²) in [6.07, 6.45) is 5.76. The minimum absolute atomic E-state index is 0. The van der Waals surface area contributed by atoms with Crippen molar-refractivity contribution in [2.45, 2.75) is 24.8 Å². The predicted molar refractivity (Wildman–Crippen MR) is 110 cm³/mol. The van der Waals surface area contributed by atoms with Gasteiger partial charge in [-0.05, 0) is 44.1 Å². The fourth-order valence-corrected chi connectivity index (χ4v) is 3.51. The molecule has 0 spiro atoms. The van der Waals surface area contributed by atoms with Crippen LogP contribution >= 0.6 is 24.8 Å². The topological polar surface area (TPSA) is 87.6 Å². The van der Waals surface area contributed by atoms with Gasteiger partial charge in [0.15, 0.2) is 0 Å². The SMILES string of the molecule is Cl.Cl.O=C(NCCc1nc2ccccc2[nH]1)C1(n2cccn2)CCNCC1. The molecule has 9 heteroatoms. The Morgan fingerprint density at radius 2 is 1.96 bits per heavy atom. The summed E-state index contributed by atoms with van der Waals surface area (Å²) in [7, 11) is 0. The van der Waals surface area contributed by atoms with E-state index in [0.29, 0.717) is 13.0 Å². The third-order valence-electron chi connectivity index (χ3n) is 4.88. The molecule has 2 aromatic heterocycles. The van der Waals surface area contributed by atoms with Gasteiger partial charge in [0.25, 0.3) is 0 Å². The van der Waals surface area contributed by atoms with Crippen LogP contribution in [0.1, 0.15) is 18.7 Å². The van der Waals surface area contributed by atoms with Crippen LogP contribution < -0.4 is 10.6 Å². The molecule has 0 aliphatic carbocycles. The lowest BCUT2D eigenvalue weighted by molar-refractivity contribution is -0.131. The molecular weight excluding hydrogens is 387 g/mol. The minimum atomic E-state index is -0.595. The maximum absolute atomic E-state index is 13.0. The molecule has 1 aromatic carbocycles. The standard InChI is InChI=1S/C18H22N6O.2ClH/c25-17(18(7-11-19-12-8-18)24-13-3-9-21-24)20-10-6-16-22-14-4-1-2-5-15(14)23-16;;/h1-5,9,13,19H,6-8,10-12H2,(H,20,25)(H,22,23);2*1H. The molecule has 146 valence electrons. The van der Waals surface area contributed by atoms with E-state index in [1.54, 1.807) is 6.20 Å². The summed E-state index contributed by atoms with van der Waals surface area (Å²) in [6.45, 7) is 2.18. The molecule has 1 amide bonds.